The van der Waals surface area contributed by atoms with Crippen molar-refractivity contribution >= 4 is 44.5 Å². The van der Waals surface area contributed by atoms with Crippen LogP contribution in [0.1, 0.15) is 23.8 Å². The van der Waals surface area contributed by atoms with E-state index in [-0.39, 0.29) is 5.92 Å². The van der Waals surface area contributed by atoms with Crippen molar-refractivity contribution in [2.75, 3.05) is 25.5 Å². The average molecular weight is 474 g/mol. The van der Waals surface area contributed by atoms with Gasteiger partial charge in [-0.3, -0.25) is 9.69 Å². The van der Waals surface area contributed by atoms with Crippen LogP contribution >= 0.6 is 11.3 Å². The molecule has 1 unspecified atom stereocenters. The number of anilines is 2. The van der Waals surface area contributed by atoms with E-state index in [1.807, 2.05) is 22.8 Å². The van der Waals surface area contributed by atoms with Gasteiger partial charge < -0.3 is 10.2 Å². The number of likely N-dealkylation sites (N-methyl/N-ethyl adjacent to an activating group) is 1. The monoisotopic (exact) mass is 473 g/mol. The summed E-state index contributed by atoms with van der Waals surface area (Å²) >= 11 is 1.72. The number of amides is 1. The minimum Gasteiger partial charge on any atom is -0.339 e. The van der Waals surface area contributed by atoms with E-state index in [0.717, 1.165) is 59.6 Å². The lowest BCUT2D eigenvalue weighted by Crippen LogP contribution is -2.49. The number of carbonyl (C=O) groups excluding carboxylic acids is 1. The number of pyridine rings is 1. The van der Waals surface area contributed by atoms with E-state index < -0.39 is 0 Å². The first kappa shape index (κ1) is 20.3. The molecule has 2 bridgehead atoms. The molecule has 1 aliphatic carbocycles. The van der Waals surface area contributed by atoms with Gasteiger partial charge in [-0.2, -0.15) is 5.10 Å². The second-order valence-electron chi connectivity index (χ2n) is 10.0. The highest BCUT2D eigenvalue weighted by molar-refractivity contribution is 7.19. The highest BCUT2D eigenvalue weighted by Gasteiger charge is 2.50. The first-order valence-corrected chi connectivity index (χ1v) is 12.8. The minimum atomic E-state index is 0.0751. The van der Waals surface area contributed by atoms with Gasteiger partial charge in [0.1, 0.15) is 17.0 Å². The summed E-state index contributed by atoms with van der Waals surface area (Å²) in [4.78, 5) is 29.6. The molecular weight excluding hydrogens is 446 g/mol. The summed E-state index contributed by atoms with van der Waals surface area (Å²) in [6, 6.07) is 6.94. The number of fused-ring (bicyclic) bond motifs is 6. The van der Waals surface area contributed by atoms with Crippen LogP contribution in [0.25, 0.3) is 15.7 Å². The van der Waals surface area contributed by atoms with Crippen LogP contribution in [-0.2, 0) is 17.6 Å². The smallest absolute Gasteiger partial charge is 0.226 e. The molecule has 4 aromatic rings. The molecule has 7 rings (SSSR count). The molecule has 1 amide bonds. The Morgan fingerprint density at radius 3 is 2.94 bits per heavy atom. The maximum Gasteiger partial charge on any atom is 0.226 e. The van der Waals surface area contributed by atoms with Crippen LogP contribution in [0.5, 0.6) is 0 Å². The number of carbonyl (C=O) groups is 1. The number of hydrogen-bond acceptors (Lipinski definition) is 7. The third-order valence-corrected chi connectivity index (χ3v) is 9.34. The predicted molar refractivity (Wildman–Crippen MR) is 132 cm³/mol. The first-order valence-electron chi connectivity index (χ1n) is 12.0. The zero-order valence-electron chi connectivity index (χ0n) is 19.3. The molecule has 0 aromatic carbocycles. The number of likely N-dealkylation sites (tertiary alicyclic amines) is 2. The lowest BCUT2D eigenvalue weighted by molar-refractivity contribution is -0.138. The van der Waals surface area contributed by atoms with Gasteiger partial charge >= 0.3 is 0 Å². The summed E-state index contributed by atoms with van der Waals surface area (Å²) in [5.74, 6) is 1.84. The summed E-state index contributed by atoms with van der Waals surface area (Å²) in [6.07, 6.45) is 7.97. The van der Waals surface area contributed by atoms with Crippen LogP contribution in [0, 0.1) is 11.8 Å². The molecule has 3 aliphatic rings. The number of nitrogens with zero attached hydrogens (tertiary/aromatic N) is 6. The Morgan fingerprint density at radius 1 is 1.21 bits per heavy atom. The van der Waals surface area contributed by atoms with Gasteiger partial charge in [-0.15, -0.1) is 11.3 Å². The molecule has 2 saturated heterocycles. The maximum absolute atomic E-state index is 13.5. The molecule has 4 atom stereocenters. The summed E-state index contributed by atoms with van der Waals surface area (Å²) in [5.41, 5.74) is 3.31. The molecule has 1 N–H and O–H groups in total. The Kier molecular flexibility index (Phi) is 4.48. The lowest BCUT2D eigenvalue weighted by Gasteiger charge is -2.35. The van der Waals surface area contributed by atoms with Crippen molar-refractivity contribution in [1.29, 1.82) is 0 Å². The Bertz CT molecular complexity index is 1430. The molecule has 2 fully saturated rings. The van der Waals surface area contributed by atoms with Crippen molar-refractivity contribution in [1.82, 2.24) is 29.4 Å². The van der Waals surface area contributed by atoms with E-state index in [4.69, 9.17) is 0 Å². The molecule has 0 spiro atoms. The molecule has 6 heterocycles. The van der Waals surface area contributed by atoms with E-state index >= 15 is 0 Å². The summed E-state index contributed by atoms with van der Waals surface area (Å²) in [5, 5.41) is 8.88. The normalized spacial score (nSPS) is 26.5. The highest BCUT2D eigenvalue weighted by Crippen LogP contribution is 2.42. The van der Waals surface area contributed by atoms with Crippen molar-refractivity contribution in [2.45, 2.75) is 38.3 Å². The number of thiophene rings is 1. The molecule has 2 aliphatic heterocycles. The van der Waals surface area contributed by atoms with Gasteiger partial charge in [-0.25, -0.2) is 14.5 Å². The Balaban J connectivity index is 1.16. The Hall–Kier alpha value is -3.04. The summed E-state index contributed by atoms with van der Waals surface area (Å²) in [6.45, 7) is 4.20. The predicted octanol–water partition coefficient (Wildman–Crippen LogP) is 3.35. The topological polar surface area (TPSA) is 78.7 Å². The van der Waals surface area contributed by atoms with Gasteiger partial charge in [-0.05, 0) is 56.0 Å². The summed E-state index contributed by atoms with van der Waals surface area (Å²) < 4.78 is 1.84. The molecule has 34 heavy (non-hydrogen) atoms. The molecule has 0 saturated carbocycles. The fourth-order valence-corrected chi connectivity index (χ4v) is 7.59. The number of rotatable bonds is 3. The second-order valence-corrected chi connectivity index (χ2v) is 11.1. The van der Waals surface area contributed by atoms with Crippen LogP contribution in [0.3, 0.4) is 0 Å². The average Bonchev–Trinajstić information content (AvgIpc) is 3.59. The molecular formula is C25H27N7OS. The van der Waals surface area contributed by atoms with E-state index in [9.17, 15) is 4.79 Å². The zero-order valence-corrected chi connectivity index (χ0v) is 20.1. The van der Waals surface area contributed by atoms with Crippen molar-refractivity contribution in [2.24, 2.45) is 11.8 Å². The summed E-state index contributed by atoms with van der Waals surface area (Å²) in [7, 11) is 2.19. The molecule has 174 valence electrons. The van der Waals surface area contributed by atoms with Crippen molar-refractivity contribution in [3.63, 3.8) is 0 Å². The van der Waals surface area contributed by atoms with E-state index in [1.54, 1.807) is 23.9 Å². The third-order valence-electron chi connectivity index (χ3n) is 8.18. The quantitative estimate of drug-likeness (QED) is 0.492. The maximum atomic E-state index is 13.5. The molecule has 0 radical (unpaired) electrons. The van der Waals surface area contributed by atoms with Crippen molar-refractivity contribution in [3.05, 3.63) is 47.4 Å². The van der Waals surface area contributed by atoms with Crippen LogP contribution in [0.4, 0.5) is 11.5 Å². The van der Waals surface area contributed by atoms with Crippen LogP contribution in [0.2, 0.25) is 0 Å². The van der Waals surface area contributed by atoms with Gasteiger partial charge in [0.25, 0.3) is 0 Å². The van der Waals surface area contributed by atoms with Crippen LogP contribution in [-0.4, -0.2) is 67.5 Å². The Labute approximate surface area is 201 Å². The van der Waals surface area contributed by atoms with Crippen molar-refractivity contribution < 1.29 is 4.79 Å². The van der Waals surface area contributed by atoms with E-state index in [0.29, 0.717) is 23.9 Å². The number of aryl methyl sites for hydroxylation is 1. The standard InChI is InChI=1S/C25H27N7OS/c1-14-19-12-31(20(14)11-30(19)2)25(33)15-3-4-18-21(9-15)34-24-22(18)23(26-13-27-24)29-16-6-8-32-17(10-16)5-7-28-32/h5-8,10,13-15,19-20H,3-4,9,11-12H2,1-2H3,(H,26,27,29)/t14-,15+,19-,20?/m1/s1. The fraction of sp³-hybridized carbons (Fsp3) is 0.440. The largest absolute Gasteiger partial charge is 0.339 e. The van der Waals surface area contributed by atoms with Gasteiger partial charge in [0.2, 0.25) is 5.91 Å². The number of nitrogens with one attached hydrogen (secondary N) is 1. The van der Waals surface area contributed by atoms with Gasteiger partial charge in [0.05, 0.1) is 10.9 Å². The van der Waals surface area contributed by atoms with Gasteiger partial charge in [0.15, 0.2) is 0 Å². The zero-order chi connectivity index (χ0) is 23.0. The van der Waals surface area contributed by atoms with E-state index in [2.05, 4.69) is 50.2 Å². The Morgan fingerprint density at radius 2 is 2.12 bits per heavy atom. The van der Waals surface area contributed by atoms with Crippen LogP contribution < -0.4 is 5.32 Å². The van der Waals surface area contributed by atoms with Gasteiger partial charge in [0, 0.05) is 54.0 Å². The number of aromatic nitrogens is 4. The lowest BCUT2D eigenvalue weighted by atomic mass is 9.86. The second kappa shape index (κ2) is 7.48. The minimum absolute atomic E-state index is 0.0751. The number of piperazine rings is 1. The first-order chi connectivity index (χ1) is 16.6. The molecule has 9 heteroatoms. The fourth-order valence-electron chi connectivity index (χ4n) is 6.32. The number of hydrogen-bond donors (Lipinski definition) is 1. The third kappa shape index (κ3) is 2.99. The SMILES string of the molecule is C[C@H]1C2CN(C)[C@@H]1CN2C(=O)[C@H]1CCc2c(sc3ncnc(Nc4ccn5nccc5c4)c23)C1. The molecule has 8 nitrogen and oxygen atoms in total. The van der Waals surface area contributed by atoms with Crippen LogP contribution in [0.15, 0.2) is 36.9 Å². The van der Waals surface area contributed by atoms with E-state index in [1.165, 1.54) is 10.4 Å². The van der Waals surface area contributed by atoms with Gasteiger partial charge in [-0.1, -0.05) is 6.92 Å². The van der Waals surface area contributed by atoms with Crippen molar-refractivity contribution in [3.8, 4) is 0 Å². The highest BCUT2D eigenvalue weighted by atomic mass is 32.1. The molecule has 4 aromatic heterocycles.